The van der Waals surface area contributed by atoms with Crippen molar-refractivity contribution in [3.63, 3.8) is 0 Å². The van der Waals surface area contributed by atoms with E-state index < -0.39 is 29.6 Å². The third-order valence-electron chi connectivity index (χ3n) is 4.65. The summed E-state index contributed by atoms with van der Waals surface area (Å²) in [4.78, 5) is 0. The van der Waals surface area contributed by atoms with Gasteiger partial charge < -0.3 is 10.5 Å². The summed E-state index contributed by atoms with van der Waals surface area (Å²) in [5, 5.41) is 10.8. The van der Waals surface area contributed by atoms with Crippen LogP contribution in [0.3, 0.4) is 0 Å². The Bertz CT molecular complexity index is 1070. The molecule has 6 heteroatoms. The maximum atomic E-state index is 14.1. The van der Waals surface area contributed by atoms with Gasteiger partial charge >= 0.3 is 0 Å². The predicted octanol–water partition coefficient (Wildman–Crippen LogP) is 4.13. The second-order valence-electron chi connectivity index (χ2n) is 6.28. The number of fused-ring (bicyclic) bond motifs is 3. The fraction of sp³-hybridized carbons (Fsp3) is 0.150. The highest BCUT2D eigenvalue weighted by atomic mass is 19.2. The van der Waals surface area contributed by atoms with Crippen molar-refractivity contribution in [2.24, 2.45) is 5.73 Å². The van der Waals surface area contributed by atoms with Gasteiger partial charge in [-0.3, -0.25) is 0 Å². The zero-order valence-electron chi connectivity index (χ0n) is 13.5. The van der Waals surface area contributed by atoms with Gasteiger partial charge in [0.05, 0.1) is 17.7 Å². The first-order valence-electron chi connectivity index (χ1n) is 8.00. The summed E-state index contributed by atoms with van der Waals surface area (Å²) in [6.45, 7) is 0. The Hall–Kier alpha value is -3.04. The van der Waals surface area contributed by atoms with Crippen LogP contribution in [0.2, 0.25) is 0 Å². The molecular weight excluding hydrogens is 341 g/mol. The molecule has 0 saturated carbocycles. The van der Waals surface area contributed by atoms with E-state index in [2.05, 4.69) is 6.07 Å². The van der Waals surface area contributed by atoms with Crippen molar-refractivity contribution in [2.75, 3.05) is 0 Å². The SMILES string of the molecule is N#Cc1ccc2c3c(ccc2c1)O[C@@H](c1cc(F)c(F)cc1F)[C@H](N)C3. The Morgan fingerprint density at radius 2 is 1.77 bits per heavy atom. The second kappa shape index (κ2) is 6.04. The summed E-state index contributed by atoms with van der Waals surface area (Å²) in [6, 6.07) is 11.5. The van der Waals surface area contributed by atoms with Gasteiger partial charge in [0.1, 0.15) is 17.7 Å². The van der Waals surface area contributed by atoms with E-state index >= 15 is 0 Å². The minimum absolute atomic E-state index is 0.109. The van der Waals surface area contributed by atoms with E-state index in [9.17, 15) is 13.2 Å². The Morgan fingerprint density at radius 1 is 1.00 bits per heavy atom. The van der Waals surface area contributed by atoms with Gasteiger partial charge in [-0.1, -0.05) is 12.1 Å². The number of rotatable bonds is 1. The molecule has 0 amide bonds. The molecule has 130 valence electrons. The van der Waals surface area contributed by atoms with Gasteiger partial charge in [0, 0.05) is 17.2 Å². The molecule has 3 aromatic rings. The van der Waals surface area contributed by atoms with Crippen molar-refractivity contribution >= 4 is 10.8 Å². The summed E-state index contributed by atoms with van der Waals surface area (Å²) in [5.74, 6) is -2.79. The molecule has 1 heterocycles. The lowest BCUT2D eigenvalue weighted by Crippen LogP contribution is -2.38. The molecule has 0 unspecified atom stereocenters. The highest BCUT2D eigenvalue weighted by Crippen LogP contribution is 2.39. The predicted molar refractivity (Wildman–Crippen MR) is 90.0 cm³/mol. The van der Waals surface area contributed by atoms with Crippen molar-refractivity contribution < 1.29 is 17.9 Å². The van der Waals surface area contributed by atoms with Crippen LogP contribution < -0.4 is 10.5 Å². The lowest BCUT2D eigenvalue weighted by molar-refractivity contribution is 0.149. The third kappa shape index (κ3) is 2.57. The Balaban J connectivity index is 1.79. The molecule has 0 fully saturated rings. The molecule has 1 aliphatic heterocycles. The van der Waals surface area contributed by atoms with E-state index in [1.807, 2.05) is 6.07 Å². The first-order chi connectivity index (χ1) is 12.5. The molecule has 0 saturated heterocycles. The Kier molecular flexibility index (Phi) is 3.82. The molecule has 3 nitrogen and oxygen atoms in total. The van der Waals surface area contributed by atoms with E-state index in [0.29, 0.717) is 23.8 Å². The van der Waals surface area contributed by atoms with Gasteiger partial charge in [0.25, 0.3) is 0 Å². The largest absolute Gasteiger partial charge is 0.484 e. The van der Waals surface area contributed by atoms with Crippen LogP contribution in [0.1, 0.15) is 22.8 Å². The van der Waals surface area contributed by atoms with Gasteiger partial charge in [-0.05, 0) is 41.5 Å². The maximum Gasteiger partial charge on any atom is 0.161 e. The van der Waals surface area contributed by atoms with Crippen LogP contribution >= 0.6 is 0 Å². The van der Waals surface area contributed by atoms with Crippen LogP contribution in [0.5, 0.6) is 5.75 Å². The summed E-state index contributed by atoms with van der Waals surface area (Å²) in [6.07, 6.45) is -0.546. The quantitative estimate of drug-likeness (QED) is 0.669. The number of nitrogens with zero attached hydrogens (tertiary/aromatic N) is 1. The number of ether oxygens (including phenoxy) is 1. The van der Waals surface area contributed by atoms with E-state index in [4.69, 9.17) is 15.7 Å². The maximum absolute atomic E-state index is 14.1. The number of hydrogen-bond acceptors (Lipinski definition) is 3. The van der Waals surface area contributed by atoms with Crippen LogP contribution in [0.15, 0.2) is 42.5 Å². The molecule has 2 N–H and O–H groups in total. The van der Waals surface area contributed by atoms with E-state index in [1.165, 1.54) is 0 Å². The zero-order chi connectivity index (χ0) is 18.4. The highest BCUT2D eigenvalue weighted by molar-refractivity contribution is 5.89. The normalized spacial score (nSPS) is 18.9. The average Bonchev–Trinajstić information content (AvgIpc) is 2.64. The first kappa shape index (κ1) is 16.4. The molecule has 0 aliphatic carbocycles. The van der Waals surface area contributed by atoms with Gasteiger partial charge in [-0.15, -0.1) is 0 Å². The standard InChI is InChI=1S/C20H13F3N2O/c21-15-8-17(23)16(22)6-14(15)20-18(25)7-13-12-3-1-10(9-24)5-11(12)2-4-19(13)26-20/h1-6,8,18,20H,7,25H2/t18-,20+/m1/s1. The number of hydrogen-bond donors (Lipinski definition) is 1. The lowest BCUT2D eigenvalue weighted by atomic mass is 9.89. The molecule has 0 bridgehead atoms. The Morgan fingerprint density at radius 3 is 2.54 bits per heavy atom. The number of nitrogens with two attached hydrogens (primary N) is 1. The Labute approximate surface area is 147 Å². The number of benzene rings is 3. The van der Waals surface area contributed by atoms with Gasteiger partial charge in [-0.25, -0.2) is 13.2 Å². The molecule has 2 atom stereocenters. The van der Waals surface area contributed by atoms with E-state index in [1.54, 1.807) is 24.3 Å². The van der Waals surface area contributed by atoms with E-state index in [-0.39, 0.29) is 5.56 Å². The van der Waals surface area contributed by atoms with Crippen LogP contribution in [0, 0.1) is 28.8 Å². The van der Waals surface area contributed by atoms with Gasteiger partial charge in [0.2, 0.25) is 0 Å². The highest BCUT2D eigenvalue weighted by Gasteiger charge is 2.32. The van der Waals surface area contributed by atoms with Gasteiger partial charge in [-0.2, -0.15) is 5.26 Å². The van der Waals surface area contributed by atoms with Crippen molar-refractivity contribution in [2.45, 2.75) is 18.6 Å². The molecule has 3 aromatic carbocycles. The monoisotopic (exact) mass is 354 g/mol. The first-order valence-corrected chi connectivity index (χ1v) is 8.00. The van der Waals surface area contributed by atoms with E-state index in [0.717, 1.165) is 22.4 Å². The third-order valence-corrected chi connectivity index (χ3v) is 4.65. The summed E-state index contributed by atoms with van der Waals surface area (Å²) >= 11 is 0. The summed E-state index contributed by atoms with van der Waals surface area (Å²) in [5.41, 5.74) is 7.45. The smallest absolute Gasteiger partial charge is 0.161 e. The average molecular weight is 354 g/mol. The second-order valence-corrected chi connectivity index (χ2v) is 6.28. The molecular formula is C20H13F3N2O. The van der Waals surface area contributed by atoms with Crippen molar-refractivity contribution in [1.82, 2.24) is 0 Å². The van der Waals surface area contributed by atoms with Crippen LogP contribution in [-0.4, -0.2) is 6.04 Å². The van der Waals surface area contributed by atoms with Crippen LogP contribution in [-0.2, 0) is 6.42 Å². The lowest BCUT2D eigenvalue weighted by Gasteiger charge is -2.32. The van der Waals surface area contributed by atoms with Crippen molar-refractivity contribution in [3.05, 3.63) is 76.6 Å². The topological polar surface area (TPSA) is 59.0 Å². The molecule has 26 heavy (non-hydrogen) atoms. The molecule has 4 rings (SSSR count). The molecule has 0 aromatic heterocycles. The fourth-order valence-corrected chi connectivity index (χ4v) is 3.38. The van der Waals surface area contributed by atoms with Crippen LogP contribution in [0.25, 0.3) is 10.8 Å². The minimum Gasteiger partial charge on any atom is -0.484 e. The zero-order valence-corrected chi connectivity index (χ0v) is 13.5. The number of nitriles is 1. The summed E-state index contributed by atoms with van der Waals surface area (Å²) < 4.78 is 46.7. The molecule has 0 radical (unpaired) electrons. The molecule has 0 spiro atoms. The van der Waals surface area contributed by atoms with Crippen molar-refractivity contribution in [1.29, 1.82) is 5.26 Å². The molecule has 1 aliphatic rings. The fourth-order valence-electron chi connectivity index (χ4n) is 3.38. The van der Waals surface area contributed by atoms with Crippen molar-refractivity contribution in [3.8, 4) is 11.8 Å². The minimum atomic E-state index is -1.25. The van der Waals surface area contributed by atoms with Crippen LogP contribution in [0.4, 0.5) is 13.2 Å². The van der Waals surface area contributed by atoms with Gasteiger partial charge in [0.15, 0.2) is 11.6 Å². The number of halogens is 3. The summed E-state index contributed by atoms with van der Waals surface area (Å²) in [7, 11) is 0.